The van der Waals surface area contributed by atoms with Crippen LogP contribution in [0.1, 0.15) is 13.8 Å². The summed E-state index contributed by atoms with van der Waals surface area (Å²) in [5.74, 6) is 5.49. The van der Waals surface area contributed by atoms with Gasteiger partial charge in [0, 0.05) is 0 Å². The van der Waals surface area contributed by atoms with E-state index in [-0.39, 0.29) is 9.83 Å². The van der Waals surface area contributed by atoms with E-state index >= 15 is 0 Å². The number of alkyl halides is 1. The van der Waals surface area contributed by atoms with Crippen molar-refractivity contribution in [1.29, 1.82) is 0 Å². The third-order valence-electron chi connectivity index (χ3n) is 0.889. The van der Waals surface area contributed by atoms with Crippen LogP contribution in [0.5, 0.6) is 0 Å². The van der Waals surface area contributed by atoms with Crippen LogP contribution < -0.4 is 5.32 Å². The van der Waals surface area contributed by atoms with Crippen molar-refractivity contribution >= 4 is 28.5 Å². The standard InChI is InChI=1S/C7H10INO/c1-3-4-5-9-7(10)6(2)8/h6H,5H2,1-2H3,(H,9,10)/t6-/m0/s1. The number of hydrogen-bond donors (Lipinski definition) is 1. The number of halogens is 1. The molecule has 0 aliphatic rings. The van der Waals surface area contributed by atoms with Gasteiger partial charge < -0.3 is 5.32 Å². The molecule has 2 nitrogen and oxygen atoms in total. The number of carbonyl (C=O) groups is 1. The first-order chi connectivity index (χ1) is 4.68. The van der Waals surface area contributed by atoms with E-state index in [1.54, 1.807) is 6.92 Å². The first-order valence-electron chi connectivity index (χ1n) is 3.00. The Labute approximate surface area is 74.9 Å². The lowest BCUT2D eigenvalue weighted by Gasteiger charge is -2.00. The predicted molar refractivity (Wildman–Crippen MR) is 49.9 cm³/mol. The van der Waals surface area contributed by atoms with E-state index in [1.165, 1.54) is 0 Å². The topological polar surface area (TPSA) is 29.1 Å². The van der Waals surface area contributed by atoms with Crippen LogP contribution in [-0.2, 0) is 4.79 Å². The van der Waals surface area contributed by atoms with Crippen LogP contribution in [0.4, 0.5) is 0 Å². The lowest BCUT2D eigenvalue weighted by Crippen LogP contribution is -2.29. The zero-order valence-corrected chi connectivity index (χ0v) is 8.23. The fourth-order valence-electron chi connectivity index (χ4n) is 0.360. The summed E-state index contributed by atoms with van der Waals surface area (Å²) in [6.07, 6.45) is 0. The van der Waals surface area contributed by atoms with Crippen molar-refractivity contribution < 1.29 is 4.79 Å². The zero-order valence-electron chi connectivity index (χ0n) is 6.07. The van der Waals surface area contributed by atoms with Gasteiger partial charge >= 0.3 is 0 Å². The van der Waals surface area contributed by atoms with Gasteiger partial charge in [-0.1, -0.05) is 28.5 Å². The number of rotatable bonds is 2. The fourth-order valence-corrected chi connectivity index (χ4v) is 0.581. The van der Waals surface area contributed by atoms with Crippen LogP contribution in [0.2, 0.25) is 0 Å². The van der Waals surface area contributed by atoms with Crippen LogP contribution >= 0.6 is 22.6 Å². The second kappa shape index (κ2) is 5.54. The molecule has 0 aromatic rings. The van der Waals surface area contributed by atoms with Gasteiger partial charge in [-0.15, -0.1) is 5.92 Å². The third-order valence-corrected chi connectivity index (χ3v) is 1.45. The van der Waals surface area contributed by atoms with Crippen molar-refractivity contribution in [3.05, 3.63) is 0 Å². The Morgan fingerprint density at radius 3 is 2.80 bits per heavy atom. The molecule has 0 fully saturated rings. The van der Waals surface area contributed by atoms with Crippen molar-refractivity contribution in [2.75, 3.05) is 6.54 Å². The highest BCUT2D eigenvalue weighted by atomic mass is 127. The largest absolute Gasteiger partial charge is 0.344 e. The zero-order chi connectivity index (χ0) is 7.98. The molecule has 0 aliphatic carbocycles. The summed E-state index contributed by atoms with van der Waals surface area (Å²) in [6.45, 7) is 4.05. The van der Waals surface area contributed by atoms with Gasteiger partial charge in [0.2, 0.25) is 5.91 Å². The van der Waals surface area contributed by atoms with Crippen molar-refractivity contribution in [2.24, 2.45) is 0 Å². The average Bonchev–Trinajstić information content (AvgIpc) is 1.88. The van der Waals surface area contributed by atoms with Gasteiger partial charge in [-0.05, 0) is 13.8 Å². The third kappa shape index (κ3) is 4.62. The summed E-state index contributed by atoms with van der Waals surface area (Å²) in [7, 11) is 0. The van der Waals surface area contributed by atoms with E-state index in [9.17, 15) is 4.79 Å². The highest BCUT2D eigenvalue weighted by Gasteiger charge is 2.04. The quantitative estimate of drug-likeness (QED) is 0.442. The van der Waals surface area contributed by atoms with E-state index in [4.69, 9.17) is 0 Å². The molecule has 0 rings (SSSR count). The summed E-state index contributed by atoms with van der Waals surface area (Å²) < 4.78 is 0.0243. The maximum atomic E-state index is 10.8. The Kier molecular flexibility index (Phi) is 5.40. The molecule has 0 saturated carbocycles. The Morgan fingerprint density at radius 2 is 2.40 bits per heavy atom. The summed E-state index contributed by atoms with van der Waals surface area (Å²) in [5, 5.41) is 2.66. The Hall–Kier alpha value is -0.240. The number of hydrogen-bond acceptors (Lipinski definition) is 1. The smallest absolute Gasteiger partial charge is 0.233 e. The fraction of sp³-hybridized carbons (Fsp3) is 0.571. The molecule has 0 aromatic heterocycles. The lowest BCUT2D eigenvalue weighted by molar-refractivity contribution is -0.119. The summed E-state index contributed by atoms with van der Waals surface area (Å²) in [5.41, 5.74) is 0. The van der Waals surface area contributed by atoms with Crippen molar-refractivity contribution in [3.8, 4) is 11.8 Å². The first kappa shape index (κ1) is 9.76. The summed E-state index contributed by atoms with van der Waals surface area (Å²) in [6, 6.07) is 0. The lowest BCUT2D eigenvalue weighted by atomic mass is 10.4. The summed E-state index contributed by atoms with van der Waals surface area (Å²) >= 11 is 2.06. The highest BCUT2D eigenvalue weighted by Crippen LogP contribution is 1.96. The number of carbonyl (C=O) groups excluding carboxylic acids is 1. The molecule has 1 amide bonds. The van der Waals surface area contributed by atoms with Crippen LogP contribution in [0, 0.1) is 11.8 Å². The molecular formula is C7H10INO. The second-order valence-corrected chi connectivity index (χ2v) is 3.63. The van der Waals surface area contributed by atoms with E-state index in [1.807, 2.05) is 6.92 Å². The van der Waals surface area contributed by atoms with Crippen LogP contribution in [0.3, 0.4) is 0 Å². The molecule has 0 radical (unpaired) electrons. The molecule has 10 heavy (non-hydrogen) atoms. The minimum atomic E-state index is 0.0243. The molecule has 1 N–H and O–H groups in total. The molecular weight excluding hydrogens is 241 g/mol. The minimum Gasteiger partial charge on any atom is -0.344 e. The van der Waals surface area contributed by atoms with Gasteiger partial charge in [-0.25, -0.2) is 0 Å². The van der Waals surface area contributed by atoms with Crippen molar-refractivity contribution in [3.63, 3.8) is 0 Å². The van der Waals surface area contributed by atoms with Crippen LogP contribution in [0.15, 0.2) is 0 Å². The molecule has 0 bridgehead atoms. The molecule has 3 heteroatoms. The Balaban J connectivity index is 3.47. The molecule has 0 saturated heterocycles. The minimum absolute atomic E-state index is 0.0243. The monoisotopic (exact) mass is 251 g/mol. The normalized spacial score (nSPS) is 11.1. The second-order valence-electron chi connectivity index (χ2n) is 1.76. The van der Waals surface area contributed by atoms with Gasteiger partial charge in [-0.3, -0.25) is 4.79 Å². The molecule has 0 aromatic carbocycles. The molecule has 56 valence electrons. The number of amides is 1. The predicted octanol–water partition coefficient (Wildman–Crippen LogP) is 0.949. The molecule has 0 aliphatic heterocycles. The SMILES string of the molecule is CC#CCNC(=O)[C@H](C)I. The van der Waals surface area contributed by atoms with Crippen LogP contribution in [0.25, 0.3) is 0 Å². The number of nitrogens with one attached hydrogen (secondary N) is 1. The maximum absolute atomic E-state index is 10.8. The van der Waals surface area contributed by atoms with Gasteiger partial charge in [0.15, 0.2) is 0 Å². The van der Waals surface area contributed by atoms with E-state index in [2.05, 4.69) is 39.7 Å². The van der Waals surface area contributed by atoms with Crippen molar-refractivity contribution in [2.45, 2.75) is 17.8 Å². The highest BCUT2D eigenvalue weighted by molar-refractivity contribution is 14.1. The molecule has 0 unspecified atom stereocenters. The Morgan fingerprint density at radius 1 is 1.80 bits per heavy atom. The van der Waals surface area contributed by atoms with Crippen molar-refractivity contribution in [1.82, 2.24) is 5.32 Å². The summed E-state index contributed by atoms with van der Waals surface area (Å²) in [4.78, 5) is 10.8. The van der Waals surface area contributed by atoms with E-state index < -0.39 is 0 Å². The van der Waals surface area contributed by atoms with Gasteiger partial charge in [0.05, 0.1) is 10.5 Å². The maximum Gasteiger partial charge on any atom is 0.233 e. The molecule has 0 heterocycles. The van der Waals surface area contributed by atoms with E-state index in [0.29, 0.717) is 6.54 Å². The molecule has 1 atom stereocenters. The van der Waals surface area contributed by atoms with Gasteiger partial charge in [-0.2, -0.15) is 0 Å². The van der Waals surface area contributed by atoms with E-state index in [0.717, 1.165) is 0 Å². The average molecular weight is 251 g/mol. The van der Waals surface area contributed by atoms with Gasteiger partial charge in [0.25, 0.3) is 0 Å². The Bertz CT molecular complexity index is 166. The van der Waals surface area contributed by atoms with Gasteiger partial charge in [0.1, 0.15) is 0 Å². The van der Waals surface area contributed by atoms with Crippen LogP contribution in [-0.4, -0.2) is 16.4 Å². The molecule has 0 spiro atoms. The first-order valence-corrected chi connectivity index (χ1v) is 4.24.